The maximum Gasteiger partial charge on any atom is 0.0577 e. The van der Waals surface area contributed by atoms with E-state index in [1.165, 1.54) is 16.7 Å². The zero-order chi connectivity index (χ0) is 15.1. The van der Waals surface area contributed by atoms with Gasteiger partial charge in [0.05, 0.1) is 12.6 Å². The van der Waals surface area contributed by atoms with Gasteiger partial charge >= 0.3 is 0 Å². The summed E-state index contributed by atoms with van der Waals surface area (Å²) in [6, 6.07) is 16.9. The van der Waals surface area contributed by atoms with Gasteiger partial charge in [-0.15, -0.1) is 0 Å². The molecule has 0 bridgehead atoms. The normalized spacial score (nSPS) is 12.3. The zero-order valence-corrected chi connectivity index (χ0v) is 13.4. The molecule has 0 aliphatic carbocycles. The molecular weight excluding hydrogens is 282 g/mol. The topological polar surface area (TPSA) is 21.3 Å². The van der Waals surface area contributed by atoms with Crippen LogP contribution in [-0.4, -0.2) is 20.3 Å². The third-order valence-electron chi connectivity index (χ3n) is 3.50. The monoisotopic (exact) mass is 303 g/mol. The maximum atomic E-state index is 6.12. The second-order valence-electron chi connectivity index (χ2n) is 5.03. The highest BCUT2D eigenvalue weighted by molar-refractivity contribution is 6.30. The van der Waals surface area contributed by atoms with Gasteiger partial charge in [0.25, 0.3) is 0 Å². The largest absolute Gasteiger partial charge is 0.384 e. The third kappa shape index (κ3) is 4.57. The number of nitrogens with one attached hydrogen (secondary N) is 1. The minimum atomic E-state index is 0.171. The van der Waals surface area contributed by atoms with Gasteiger partial charge in [-0.05, 0) is 41.8 Å². The molecule has 0 saturated carbocycles. The lowest BCUT2D eigenvalue weighted by Gasteiger charge is -2.19. The van der Waals surface area contributed by atoms with Crippen molar-refractivity contribution in [2.24, 2.45) is 0 Å². The van der Waals surface area contributed by atoms with Gasteiger partial charge in [0.1, 0.15) is 0 Å². The Morgan fingerprint density at radius 2 is 1.86 bits per heavy atom. The van der Waals surface area contributed by atoms with Crippen molar-refractivity contribution in [1.29, 1.82) is 0 Å². The van der Waals surface area contributed by atoms with Crippen LogP contribution in [0.15, 0.2) is 48.5 Å². The van der Waals surface area contributed by atoms with Gasteiger partial charge in [-0.25, -0.2) is 0 Å². The second kappa shape index (κ2) is 8.18. The maximum absolute atomic E-state index is 6.12. The molecule has 0 radical (unpaired) electrons. The second-order valence-corrected chi connectivity index (χ2v) is 5.47. The van der Waals surface area contributed by atoms with E-state index in [1.54, 1.807) is 7.11 Å². The van der Waals surface area contributed by atoms with Crippen molar-refractivity contribution in [1.82, 2.24) is 5.32 Å². The van der Waals surface area contributed by atoms with Gasteiger partial charge in [-0.3, -0.25) is 0 Å². The zero-order valence-electron chi connectivity index (χ0n) is 12.6. The first-order chi connectivity index (χ1) is 10.2. The highest BCUT2D eigenvalue weighted by Crippen LogP contribution is 2.24. The fourth-order valence-electron chi connectivity index (χ4n) is 2.42. The van der Waals surface area contributed by atoms with Crippen LogP contribution in [0.1, 0.15) is 29.7 Å². The van der Waals surface area contributed by atoms with E-state index in [2.05, 4.69) is 42.6 Å². The van der Waals surface area contributed by atoms with Gasteiger partial charge in [-0.1, -0.05) is 54.9 Å². The molecule has 2 aromatic rings. The van der Waals surface area contributed by atoms with Crippen LogP contribution in [-0.2, 0) is 11.2 Å². The first-order valence-corrected chi connectivity index (χ1v) is 7.69. The molecule has 0 aliphatic rings. The fourth-order valence-corrected chi connectivity index (χ4v) is 2.61. The molecule has 0 heterocycles. The van der Waals surface area contributed by atoms with E-state index >= 15 is 0 Å². The van der Waals surface area contributed by atoms with E-state index in [4.69, 9.17) is 16.3 Å². The molecule has 0 amide bonds. The average molecular weight is 304 g/mol. The van der Waals surface area contributed by atoms with Gasteiger partial charge in [0, 0.05) is 12.1 Å². The Morgan fingerprint density at radius 1 is 1.10 bits per heavy atom. The molecule has 2 nitrogen and oxygen atoms in total. The lowest BCUT2D eigenvalue weighted by atomic mass is 9.97. The standard InChI is InChI=1S/C18H22ClNO/c1-3-20-18(16-5-4-6-17(19)13-16)15-9-7-14(8-10-15)11-12-21-2/h4-10,13,18,20H,3,11-12H2,1-2H3. The molecule has 21 heavy (non-hydrogen) atoms. The summed E-state index contributed by atoms with van der Waals surface area (Å²) < 4.78 is 5.12. The van der Waals surface area contributed by atoms with E-state index in [9.17, 15) is 0 Å². The quantitative estimate of drug-likeness (QED) is 0.826. The molecule has 1 atom stereocenters. The van der Waals surface area contributed by atoms with Crippen LogP contribution in [0.25, 0.3) is 0 Å². The Hall–Kier alpha value is -1.35. The molecule has 3 heteroatoms. The number of methoxy groups -OCH3 is 1. The predicted molar refractivity (Wildman–Crippen MR) is 89.0 cm³/mol. The predicted octanol–water partition coefficient (Wildman–Crippen LogP) is 4.23. The van der Waals surface area contributed by atoms with Gasteiger partial charge in [0.2, 0.25) is 0 Å². The van der Waals surface area contributed by atoms with E-state index in [0.29, 0.717) is 0 Å². The van der Waals surface area contributed by atoms with Crippen LogP contribution in [0.5, 0.6) is 0 Å². The Bertz CT molecular complexity index is 553. The number of benzene rings is 2. The molecule has 0 aliphatic heterocycles. The Balaban J connectivity index is 2.21. The van der Waals surface area contributed by atoms with Crippen molar-refractivity contribution in [3.05, 3.63) is 70.2 Å². The van der Waals surface area contributed by atoms with E-state index < -0.39 is 0 Å². The summed E-state index contributed by atoms with van der Waals surface area (Å²) in [5, 5.41) is 4.29. The highest BCUT2D eigenvalue weighted by atomic mass is 35.5. The highest BCUT2D eigenvalue weighted by Gasteiger charge is 2.13. The summed E-state index contributed by atoms with van der Waals surface area (Å²) in [4.78, 5) is 0. The SMILES string of the molecule is CCNC(c1ccc(CCOC)cc1)c1cccc(Cl)c1. The van der Waals surface area contributed by atoms with E-state index in [-0.39, 0.29) is 6.04 Å². The minimum absolute atomic E-state index is 0.171. The lowest BCUT2D eigenvalue weighted by Crippen LogP contribution is -2.22. The number of hydrogen-bond acceptors (Lipinski definition) is 2. The average Bonchev–Trinajstić information content (AvgIpc) is 2.51. The first kappa shape index (κ1) is 16.0. The first-order valence-electron chi connectivity index (χ1n) is 7.31. The van der Waals surface area contributed by atoms with Crippen molar-refractivity contribution < 1.29 is 4.74 Å². The summed E-state index contributed by atoms with van der Waals surface area (Å²) in [5.74, 6) is 0. The molecule has 0 spiro atoms. The van der Waals surface area contributed by atoms with Crippen molar-refractivity contribution in [2.45, 2.75) is 19.4 Å². The number of hydrogen-bond donors (Lipinski definition) is 1. The van der Waals surface area contributed by atoms with Gasteiger partial charge in [-0.2, -0.15) is 0 Å². The van der Waals surface area contributed by atoms with Crippen LogP contribution in [0, 0.1) is 0 Å². The molecule has 112 valence electrons. The summed E-state index contributed by atoms with van der Waals surface area (Å²) in [5.41, 5.74) is 3.73. The number of ether oxygens (including phenoxy) is 1. The summed E-state index contributed by atoms with van der Waals surface area (Å²) in [6.07, 6.45) is 0.944. The molecule has 0 saturated heterocycles. The van der Waals surface area contributed by atoms with Crippen molar-refractivity contribution in [3.8, 4) is 0 Å². The molecular formula is C18H22ClNO. The fraction of sp³-hybridized carbons (Fsp3) is 0.333. The molecule has 2 aromatic carbocycles. The van der Waals surface area contributed by atoms with E-state index in [1.807, 2.05) is 18.2 Å². The molecule has 0 aromatic heterocycles. The van der Waals surface area contributed by atoms with Crippen molar-refractivity contribution in [2.75, 3.05) is 20.3 Å². The molecule has 0 fully saturated rings. The number of halogens is 1. The Kier molecular flexibility index (Phi) is 6.24. The third-order valence-corrected chi connectivity index (χ3v) is 3.73. The minimum Gasteiger partial charge on any atom is -0.384 e. The summed E-state index contributed by atoms with van der Waals surface area (Å²) in [6.45, 7) is 3.78. The van der Waals surface area contributed by atoms with Crippen LogP contribution < -0.4 is 5.32 Å². The Labute approximate surface area is 132 Å². The van der Waals surface area contributed by atoms with Crippen molar-refractivity contribution >= 4 is 11.6 Å². The van der Waals surface area contributed by atoms with Crippen LogP contribution in [0.4, 0.5) is 0 Å². The van der Waals surface area contributed by atoms with Crippen LogP contribution in [0.3, 0.4) is 0 Å². The molecule has 2 rings (SSSR count). The smallest absolute Gasteiger partial charge is 0.0577 e. The van der Waals surface area contributed by atoms with Crippen LogP contribution >= 0.6 is 11.6 Å². The molecule has 1 unspecified atom stereocenters. The lowest BCUT2D eigenvalue weighted by molar-refractivity contribution is 0.202. The molecule has 1 N–H and O–H groups in total. The number of rotatable bonds is 7. The van der Waals surface area contributed by atoms with E-state index in [0.717, 1.165) is 24.6 Å². The Morgan fingerprint density at radius 3 is 2.48 bits per heavy atom. The van der Waals surface area contributed by atoms with Crippen LogP contribution in [0.2, 0.25) is 5.02 Å². The summed E-state index contributed by atoms with van der Waals surface area (Å²) in [7, 11) is 1.73. The van der Waals surface area contributed by atoms with Gasteiger partial charge in [0.15, 0.2) is 0 Å². The van der Waals surface area contributed by atoms with Gasteiger partial charge < -0.3 is 10.1 Å². The summed E-state index contributed by atoms with van der Waals surface area (Å²) >= 11 is 6.12. The van der Waals surface area contributed by atoms with Crippen molar-refractivity contribution in [3.63, 3.8) is 0 Å².